The average Bonchev–Trinajstić information content (AvgIpc) is 3.87. The zero-order chi connectivity index (χ0) is 30.6. The van der Waals surface area contributed by atoms with Crippen LogP contribution >= 0.6 is 11.3 Å². The molecule has 0 saturated carbocycles. The Hall–Kier alpha value is -5.52. The van der Waals surface area contributed by atoms with Gasteiger partial charge in [-0.2, -0.15) is 0 Å². The van der Waals surface area contributed by atoms with E-state index >= 15 is 0 Å². The number of para-hydroxylation sites is 2. The number of nitrogens with zero attached hydrogens (tertiary/aromatic N) is 4. The number of hydrogen-bond donors (Lipinski definition) is 0. The van der Waals surface area contributed by atoms with Gasteiger partial charge in [-0.25, -0.2) is 9.97 Å². The topological polar surface area (TPSA) is 35.6 Å². The van der Waals surface area contributed by atoms with Crippen molar-refractivity contribution in [3.8, 4) is 34.0 Å². The summed E-state index contributed by atoms with van der Waals surface area (Å²) in [5.74, 6) is 0.696. The highest BCUT2D eigenvalue weighted by atomic mass is 32.1. The van der Waals surface area contributed by atoms with Gasteiger partial charge in [-0.3, -0.25) is 4.57 Å². The monoisotopic (exact) mass is 608 g/mol. The first-order valence-corrected chi connectivity index (χ1v) is 16.6. The van der Waals surface area contributed by atoms with Gasteiger partial charge < -0.3 is 4.57 Å². The third-order valence-electron chi connectivity index (χ3n) is 9.89. The second kappa shape index (κ2) is 9.25. The lowest BCUT2D eigenvalue weighted by Crippen LogP contribution is -2.16. The van der Waals surface area contributed by atoms with E-state index in [0.717, 1.165) is 38.1 Å². The van der Waals surface area contributed by atoms with Crippen LogP contribution in [0.4, 0.5) is 0 Å². The molecule has 4 nitrogen and oxygen atoms in total. The zero-order valence-corrected chi connectivity index (χ0v) is 26.2. The quantitative estimate of drug-likeness (QED) is 0.200. The Morgan fingerprint density at radius 3 is 2.28 bits per heavy atom. The Bertz CT molecular complexity index is 2670. The number of benzene rings is 5. The summed E-state index contributed by atoms with van der Waals surface area (Å²) in [6.45, 7) is 4.68. The predicted molar refractivity (Wildman–Crippen MR) is 192 cm³/mol. The molecule has 0 saturated heterocycles. The molecule has 0 bridgehead atoms. The maximum absolute atomic E-state index is 5.52. The zero-order valence-electron chi connectivity index (χ0n) is 25.4. The SMILES string of the molecule is CC1(C)c2ccccc2-c2cccc(-c3nc(-n4c5ccccc5c5ccc6c(ccn6-c6ccccc6)c54)nc4sccc34)c21. The second-order valence-corrected chi connectivity index (χ2v) is 13.6. The van der Waals surface area contributed by atoms with Crippen molar-refractivity contribution in [1.82, 2.24) is 19.1 Å². The Morgan fingerprint density at radius 2 is 1.37 bits per heavy atom. The first kappa shape index (κ1) is 25.8. The molecule has 4 aromatic heterocycles. The van der Waals surface area contributed by atoms with Crippen LogP contribution in [0.5, 0.6) is 0 Å². The van der Waals surface area contributed by atoms with Gasteiger partial charge in [-0.1, -0.05) is 98.8 Å². The van der Waals surface area contributed by atoms with Crippen LogP contribution in [0, 0.1) is 0 Å². The summed E-state index contributed by atoms with van der Waals surface area (Å²) in [6.07, 6.45) is 2.17. The Kier molecular flexibility index (Phi) is 5.18. The number of rotatable bonds is 3. The summed E-state index contributed by atoms with van der Waals surface area (Å²) in [5, 5.41) is 6.80. The van der Waals surface area contributed by atoms with Gasteiger partial charge in [-0.05, 0) is 64.0 Å². The van der Waals surface area contributed by atoms with E-state index in [1.807, 2.05) is 0 Å². The van der Waals surface area contributed by atoms with Crippen molar-refractivity contribution < 1.29 is 0 Å². The predicted octanol–water partition coefficient (Wildman–Crippen LogP) is 10.7. The van der Waals surface area contributed by atoms with Crippen molar-refractivity contribution in [2.45, 2.75) is 19.3 Å². The number of thiophene rings is 1. The maximum atomic E-state index is 5.52. The number of hydrogen-bond acceptors (Lipinski definition) is 3. The van der Waals surface area contributed by atoms with Crippen molar-refractivity contribution in [2.24, 2.45) is 0 Å². The molecule has 0 atom stereocenters. The maximum Gasteiger partial charge on any atom is 0.236 e. The molecule has 0 N–H and O–H groups in total. The lowest BCUT2D eigenvalue weighted by Gasteiger charge is -2.24. The molecule has 0 amide bonds. The molecule has 0 unspecified atom stereocenters. The van der Waals surface area contributed by atoms with Gasteiger partial charge in [-0.15, -0.1) is 11.3 Å². The number of aromatic nitrogens is 4. The minimum Gasteiger partial charge on any atom is -0.316 e. The van der Waals surface area contributed by atoms with Crippen molar-refractivity contribution in [3.05, 3.63) is 144 Å². The largest absolute Gasteiger partial charge is 0.316 e. The van der Waals surface area contributed by atoms with Crippen molar-refractivity contribution in [3.63, 3.8) is 0 Å². The van der Waals surface area contributed by atoms with E-state index in [9.17, 15) is 0 Å². The molecule has 9 aromatic rings. The normalized spacial score (nSPS) is 13.6. The summed E-state index contributed by atoms with van der Waals surface area (Å²) in [4.78, 5) is 11.8. The third-order valence-corrected chi connectivity index (χ3v) is 10.7. The molecule has 4 heterocycles. The van der Waals surface area contributed by atoms with E-state index in [2.05, 4.69) is 156 Å². The molecule has 0 spiro atoms. The van der Waals surface area contributed by atoms with E-state index in [1.165, 1.54) is 44.0 Å². The first-order valence-electron chi connectivity index (χ1n) is 15.7. The lowest BCUT2D eigenvalue weighted by atomic mass is 9.79. The van der Waals surface area contributed by atoms with Gasteiger partial charge in [0.1, 0.15) is 4.83 Å². The van der Waals surface area contributed by atoms with Gasteiger partial charge in [0.2, 0.25) is 5.95 Å². The highest BCUT2D eigenvalue weighted by Gasteiger charge is 2.38. The van der Waals surface area contributed by atoms with Crippen LogP contribution < -0.4 is 0 Å². The van der Waals surface area contributed by atoms with E-state index in [1.54, 1.807) is 11.3 Å². The fourth-order valence-electron chi connectivity index (χ4n) is 7.89. The average molecular weight is 609 g/mol. The second-order valence-electron chi connectivity index (χ2n) is 12.7. The summed E-state index contributed by atoms with van der Waals surface area (Å²) in [6, 6.07) is 43.6. The van der Waals surface area contributed by atoms with Crippen LogP contribution in [-0.2, 0) is 5.41 Å². The molecule has 46 heavy (non-hydrogen) atoms. The molecule has 1 aliphatic rings. The third kappa shape index (κ3) is 3.38. The molecule has 5 aromatic carbocycles. The van der Waals surface area contributed by atoms with E-state index in [0.29, 0.717) is 5.95 Å². The van der Waals surface area contributed by atoms with E-state index in [4.69, 9.17) is 9.97 Å². The minimum atomic E-state index is -0.157. The molecule has 0 fully saturated rings. The summed E-state index contributed by atoms with van der Waals surface area (Å²) >= 11 is 1.68. The fraction of sp³-hybridized carbons (Fsp3) is 0.0732. The highest BCUT2D eigenvalue weighted by Crippen LogP contribution is 2.52. The molecule has 10 rings (SSSR count). The smallest absolute Gasteiger partial charge is 0.236 e. The van der Waals surface area contributed by atoms with Crippen LogP contribution in [0.1, 0.15) is 25.0 Å². The van der Waals surface area contributed by atoms with Gasteiger partial charge in [0.05, 0.1) is 22.2 Å². The van der Waals surface area contributed by atoms with Gasteiger partial charge in [0, 0.05) is 44.4 Å². The van der Waals surface area contributed by atoms with Gasteiger partial charge >= 0.3 is 0 Å². The Morgan fingerprint density at radius 1 is 0.587 bits per heavy atom. The minimum absolute atomic E-state index is 0.157. The molecule has 5 heteroatoms. The first-order chi connectivity index (χ1) is 22.6. The van der Waals surface area contributed by atoms with E-state index in [-0.39, 0.29) is 5.41 Å². The molecule has 1 aliphatic carbocycles. The summed E-state index contributed by atoms with van der Waals surface area (Å²) in [5.41, 5.74) is 11.8. The molecule has 0 radical (unpaired) electrons. The van der Waals surface area contributed by atoms with Crippen LogP contribution in [-0.4, -0.2) is 19.1 Å². The van der Waals surface area contributed by atoms with Crippen LogP contribution in [0.2, 0.25) is 0 Å². The van der Waals surface area contributed by atoms with E-state index < -0.39 is 0 Å². The molecule has 218 valence electrons. The van der Waals surface area contributed by atoms with Crippen LogP contribution in [0.25, 0.3) is 76.9 Å². The molecular weight excluding hydrogens is 581 g/mol. The highest BCUT2D eigenvalue weighted by molar-refractivity contribution is 7.16. The fourth-order valence-corrected chi connectivity index (χ4v) is 8.65. The molecular formula is C41H28N4S. The van der Waals surface area contributed by atoms with Gasteiger partial charge in [0.25, 0.3) is 0 Å². The van der Waals surface area contributed by atoms with Gasteiger partial charge in [0.15, 0.2) is 0 Å². The van der Waals surface area contributed by atoms with Crippen molar-refractivity contribution in [2.75, 3.05) is 0 Å². The number of fused-ring (bicyclic) bond motifs is 9. The Labute approximate surface area is 269 Å². The van der Waals surface area contributed by atoms with Crippen LogP contribution in [0.3, 0.4) is 0 Å². The van der Waals surface area contributed by atoms with Crippen molar-refractivity contribution in [1.29, 1.82) is 0 Å². The molecule has 0 aliphatic heterocycles. The standard InChI is InChI=1S/C41H28N4S/c1-41(2)33-17-8-6-13-26(33)28-15-10-16-31(36(28)41)37-32-22-24-46-39(32)43-40(42-37)45-35-18-9-7-14-27(35)29-19-20-34-30(38(29)45)21-23-44(34)25-11-4-3-5-12-25/h3-24H,1-2H3. The van der Waals surface area contributed by atoms with Crippen LogP contribution in [0.15, 0.2) is 133 Å². The van der Waals surface area contributed by atoms with Crippen molar-refractivity contribution >= 4 is 54.3 Å². The summed E-state index contributed by atoms with van der Waals surface area (Å²) in [7, 11) is 0. The lowest BCUT2D eigenvalue weighted by molar-refractivity contribution is 0.662. The summed E-state index contributed by atoms with van der Waals surface area (Å²) < 4.78 is 4.55. The Balaban J connectivity index is 1.29.